The fourth-order valence-corrected chi connectivity index (χ4v) is 3.29. The number of hydrogen-bond donors (Lipinski definition) is 1. The minimum Gasteiger partial charge on any atom is -0.396 e. The average molecular weight is 277 g/mol. The van der Waals surface area contributed by atoms with Crippen LogP contribution in [0.15, 0.2) is 36.9 Å². The summed E-state index contributed by atoms with van der Waals surface area (Å²) >= 11 is 0. The van der Waals surface area contributed by atoms with Crippen molar-refractivity contribution in [3.05, 3.63) is 48.3 Å². The quantitative estimate of drug-likeness (QED) is 0.832. The number of benzene rings is 1. The topological polar surface area (TPSA) is 23.5 Å². The molecule has 0 amide bonds. The first-order chi connectivity index (χ1) is 9.49. The molecule has 1 saturated heterocycles. The lowest BCUT2D eigenvalue weighted by Crippen LogP contribution is -2.43. The zero-order valence-electron chi connectivity index (χ0n) is 12.3. The molecule has 0 unspecified atom stereocenters. The number of likely N-dealkylation sites (tertiary alicyclic amines) is 1. The summed E-state index contributed by atoms with van der Waals surface area (Å²) in [5.41, 5.74) is 0.855. The van der Waals surface area contributed by atoms with E-state index in [2.05, 4.69) is 25.3 Å². The lowest BCUT2D eigenvalue weighted by molar-refractivity contribution is 0.0532. The van der Waals surface area contributed by atoms with E-state index in [-0.39, 0.29) is 23.9 Å². The van der Waals surface area contributed by atoms with Crippen LogP contribution in [-0.4, -0.2) is 29.2 Å². The Bertz CT molecular complexity index is 472. The van der Waals surface area contributed by atoms with Crippen LogP contribution in [0.3, 0.4) is 0 Å². The van der Waals surface area contributed by atoms with E-state index in [1.807, 2.05) is 12.1 Å². The Balaban J connectivity index is 2.28. The van der Waals surface area contributed by atoms with Gasteiger partial charge >= 0.3 is 0 Å². The van der Waals surface area contributed by atoms with Gasteiger partial charge in [0, 0.05) is 30.7 Å². The highest BCUT2D eigenvalue weighted by atomic mass is 19.1. The second-order valence-corrected chi connectivity index (χ2v) is 6.30. The molecule has 0 aliphatic carbocycles. The molecule has 110 valence electrons. The number of rotatable bonds is 5. The summed E-state index contributed by atoms with van der Waals surface area (Å²) in [6, 6.07) is 7.35. The van der Waals surface area contributed by atoms with Crippen LogP contribution in [0.25, 0.3) is 0 Å². The molecule has 1 fully saturated rings. The van der Waals surface area contributed by atoms with Gasteiger partial charge in [-0.05, 0) is 30.5 Å². The van der Waals surface area contributed by atoms with E-state index >= 15 is 0 Å². The van der Waals surface area contributed by atoms with Gasteiger partial charge in [0.05, 0.1) is 0 Å². The van der Waals surface area contributed by atoms with Gasteiger partial charge in [0.1, 0.15) is 5.82 Å². The van der Waals surface area contributed by atoms with Crippen LogP contribution in [0.4, 0.5) is 4.39 Å². The second-order valence-electron chi connectivity index (χ2n) is 6.30. The van der Waals surface area contributed by atoms with E-state index in [0.29, 0.717) is 6.04 Å². The van der Waals surface area contributed by atoms with Crippen LogP contribution in [0, 0.1) is 11.2 Å². The van der Waals surface area contributed by atoms with Crippen molar-refractivity contribution in [1.82, 2.24) is 4.90 Å². The van der Waals surface area contributed by atoms with Crippen LogP contribution in [-0.2, 0) is 0 Å². The fourth-order valence-electron chi connectivity index (χ4n) is 3.29. The highest BCUT2D eigenvalue weighted by Gasteiger charge is 2.41. The smallest absolute Gasteiger partial charge is 0.123 e. The Morgan fingerprint density at radius 3 is 2.80 bits per heavy atom. The first-order valence-corrected chi connectivity index (χ1v) is 7.22. The van der Waals surface area contributed by atoms with E-state index in [4.69, 9.17) is 0 Å². The summed E-state index contributed by atoms with van der Waals surface area (Å²) in [5, 5.41) is 9.63. The maximum absolute atomic E-state index is 13.5. The molecule has 1 aromatic rings. The second kappa shape index (κ2) is 6.06. The number of hydrogen-bond acceptors (Lipinski definition) is 2. The van der Waals surface area contributed by atoms with Gasteiger partial charge < -0.3 is 5.11 Å². The number of halogens is 1. The summed E-state index contributed by atoms with van der Waals surface area (Å²) in [6.45, 7) is 8.92. The van der Waals surface area contributed by atoms with Crippen molar-refractivity contribution in [1.29, 1.82) is 0 Å². The maximum Gasteiger partial charge on any atom is 0.123 e. The van der Waals surface area contributed by atoms with Crippen LogP contribution in [0.2, 0.25) is 0 Å². The van der Waals surface area contributed by atoms with Gasteiger partial charge in [-0.2, -0.15) is 0 Å². The molecule has 0 bridgehead atoms. The Morgan fingerprint density at radius 1 is 1.45 bits per heavy atom. The molecular formula is C17H24FNO. The summed E-state index contributed by atoms with van der Waals surface area (Å²) in [7, 11) is 0. The van der Waals surface area contributed by atoms with Crippen molar-refractivity contribution in [2.75, 3.05) is 13.2 Å². The molecule has 0 spiro atoms. The molecule has 1 aliphatic heterocycles. The lowest BCUT2D eigenvalue weighted by atomic mass is 9.84. The van der Waals surface area contributed by atoms with Gasteiger partial charge in [-0.1, -0.05) is 32.1 Å². The Hall–Kier alpha value is -1.19. The molecule has 0 aromatic heterocycles. The predicted octanol–water partition coefficient (Wildman–Crippen LogP) is 3.54. The molecule has 2 atom stereocenters. The minimum atomic E-state index is -0.189. The molecule has 1 aromatic carbocycles. The Kier molecular flexibility index (Phi) is 4.61. The van der Waals surface area contributed by atoms with Crippen molar-refractivity contribution in [3.8, 4) is 0 Å². The van der Waals surface area contributed by atoms with Crippen LogP contribution in [0.1, 0.15) is 38.3 Å². The van der Waals surface area contributed by atoms with E-state index in [0.717, 1.165) is 24.9 Å². The van der Waals surface area contributed by atoms with E-state index < -0.39 is 0 Å². The predicted molar refractivity (Wildman–Crippen MR) is 79.9 cm³/mol. The molecule has 2 nitrogen and oxygen atoms in total. The lowest BCUT2D eigenvalue weighted by Gasteiger charge is -2.38. The van der Waals surface area contributed by atoms with Crippen LogP contribution >= 0.6 is 0 Å². The van der Waals surface area contributed by atoms with Gasteiger partial charge in [-0.15, -0.1) is 6.58 Å². The van der Waals surface area contributed by atoms with Gasteiger partial charge in [0.2, 0.25) is 0 Å². The zero-order chi connectivity index (χ0) is 14.8. The summed E-state index contributed by atoms with van der Waals surface area (Å²) < 4.78 is 13.5. The third-order valence-corrected chi connectivity index (χ3v) is 4.40. The largest absolute Gasteiger partial charge is 0.396 e. The third-order valence-electron chi connectivity index (χ3n) is 4.40. The van der Waals surface area contributed by atoms with Gasteiger partial charge in [-0.25, -0.2) is 4.39 Å². The van der Waals surface area contributed by atoms with Gasteiger partial charge in [0.15, 0.2) is 0 Å². The van der Waals surface area contributed by atoms with E-state index in [1.54, 1.807) is 12.1 Å². The standard InChI is InChI=1S/C17H24FNO/c1-4-10-19-15(13-6-5-7-14(18)11-13)8-9-16(19)17(2,3)12-20/h4-7,11,15-16,20H,1,8-10,12H2,2-3H3/t15-,16+/m0/s1. The van der Waals surface area contributed by atoms with E-state index in [9.17, 15) is 9.50 Å². The highest BCUT2D eigenvalue weighted by molar-refractivity contribution is 5.22. The average Bonchev–Trinajstić information content (AvgIpc) is 2.84. The van der Waals surface area contributed by atoms with Crippen molar-refractivity contribution in [2.45, 2.75) is 38.8 Å². The van der Waals surface area contributed by atoms with Crippen LogP contribution < -0.4 is 0 Å². The van der Waals surface area contributed by atoms with Crippen molar-refractivity contribution in [2.24, 2.45) is 5.41 Å². The fraction of sp³-hybridized carbons (Fsp3) is 0.529. The molecular weight excluding hydrogens is 253 g/mol. The summed E-state index contributed by atoms with van der Waals surface area (Å²) in [4.78, 5) is 2.35. The molecule has 1 heterocycles. The monoisotopic (exact) mass is 277 g/mol. The van der Waals surface area contributed by atoms with E-state index in [1.165, 1.54) is 6.07 Å². The van der Waals surface area contributed by atoms with Crippen LogP contribution in [0.5, 0.6) is 0 Å². The number of aliphatic hydroxyl groups excluding tert-OH is 1. The molecule has 0 radical (unpaired) electrons. The molecule has 3 heteroatoms. The summed E-state index contributed by atoms with van der Waals surface area (Å²) in [5.74, 6) is -0.189. The SMILES string of the molecule is C=CCN1[C@H](c2cccc(F)c2)CC[C@@H]1C(C)(C)CO. The zero-order valence-corrected chi connectivity index (χ0v) is 12.3. The molecule has 20 heavy (non-hydrogen) atoms. The van der Waals surface area contributed by atoms with Gasteiger partial charge in [0.25, 0.3) is 0 Å². The normalized spacial score (nSPS) is 24.0. The molecule has 1 aliphatic rings. The van der Waals surface area contributed by atoms with Crippen molar-refractivity contribution in [3.63, 3.8) is 0 Å². The first-order valence-electron chi connectivity index (χ1n) is 7.22. The Morgan fingerprint density at radius 2 is 2.20 bits per heavy atom. The molecule has 0 saturated carbocycles. The van der Waals surface area contributed by atoms with Gasteiger partial charge in [-0.3, -0.25) is 4.90 Å². The van der Waals surface area contributed by atoms with Crippen molar-refractivity contribution < 1.29 is 9.50 Å². The highest BCUT2D eigenvalue weighted by Crippen LogP contribution is 2.42. The molecule has 1 N–H and O–H groups in total. The Labute approximate surface area is 120 Å². The van der Waals surface area contributed by atoms with Crippen molar-refractivity contribution >= 4 is 0 Å². The first kappa shape index (κ1) is 15.2. The number of aliphatic hydroxyl groups is 1. The molecule has 2 rings (SSSR count). The maximum atomic E-state index is 13.5. The third kappa shape index (κ3) is 2.94. The summed E-state index contributed by atoms with van der Waals surface area (Å²) in [6.07, 6.45) is 3.89. The minimum absolute atomic E-state index is 0.154. The number of nitrogens with zero attached hydrogens (tertiary/aromatic N) is 1.